The molecule has 0 radical (unpaired) electrons. The SMILES string of the molecule is C/C=C(/c1ccc(Cn2c(=O)[nH]c3cnc(-c4cccnc4OCCOC)nc32)cc1)N(C)/C=C(\N)C(F)(F)F. The van der Waals surface area contributed by atoms with E-state index in [0.717, 1.165) is 11.8 Å². The number of benzene rings is 1. The first kappa shape index (κ1) is 28.4. The summed E-state index contributed by atoms with van der Waals surface area (Å²) >= 11 is 0. The average molecular weight is 556 g/mol. The number of aromatic amines is 1. The monoisotopic (exact) mass is 555 g/mol. The quantitative estimate of drug-likeness (QED) is 0.282. The van der Waals surface area contributed by atoms with Crippen molar-refractivity contribution in [3.05, 3.63) is 88.4 Å². The minimum absolute atomic E-state index is 0.196. The third kappa shape index (κ3) is 6.31. The van der Waals surface area contributed by atoms with Crippen molar-refractivity contribution in [1.29, 1.82) is 0 Å². The van der Waals surface area contributed by atoms with Crippen molar-refractivity contribution < 1.29 is 22.6 Å². The third-order valence-electron chi connectivity index (χ3n) is 5.95. The van der Waals surface area contributed by atoms with Crippen LogP contribution < -0.4 is 16.2 Å². The topological polar surface area (TPSA) is 124 Å². The van der Waals surface area contributed by atoms with Crippen molar-refractivity contribution in [2.24, 2.45) is 5.73 Å². The first-order chi connectivity index (χ1) is 19.1. The maximum atomic E-state index is 12.9. The molecule has 4 rings (SSSR count). The number of nitrogens with one attached hydrogen (secondary N) is 1. The van der Waals surface area contributed by atoms with Crippen LogP contribution >= 0.6 is 0 Å². The molecule has 40 heavy (non-hydrogen) atoms. The summed E-state index contributed by atoms with van der Waals surface area (Å²) in [4.78, 5) is 30.1. The van der Waals surface area contributed by atoms with E-state index in [1.54, 1.807) is 62.7 Å². The fraction of sp³-hybridized carbons (Fsp3) is 0.259. The number of aromatic nitrogens is 5. The number of alkyl halides is 3. The molecule has 3 N–H and O–H groups in total. The van der Waals surface area contributed by atoms with Gasteiger partial charge < -0.3 is 25.1 Å². The largest absolute Gasteiger partial charge is 0.475 e. The molecular formula is C27H28F3N7O3. The minimum Gasteiger partial charge on any atom is -0.475 e. The number of hydrogen-bond acceptors (Lipinski definition) is 8. The number of hydrogen-bond donors (Lipinski definition) is 2. The summed E-state index contributed by atoms with van der Waals surface area (Å²) in [5.41, 5.74) is 7.00. The number of ether oxygens (including phenoxy) is 2. The predicted octanol–water partition coefficient (Wildman–Crippen LogP) is 3.91. The second-order valence-electron chi connectivity index (χ2n) is 8.71. The van der Waals surface area contributed by atoms with Crippen LogP contribution in [0.4, 0.5) is 13.2 Å². The highest BCUT2D eigenvalue weighted by molar-refractivity contribution is 5.74. The Hall–Kier alpha value is -4.65. The lowest BCUT2D eigenvalue weighted by Gasteiger charge is -2.20. The second-order valence-corrected chi connectivity index (χ2v) is 8.71. The molecule has 0 atom stereocenters. The zero-order valence-corrected chi connectivity index (χ0v) is 22.1. The first-order valence-electron chi connectivity index (χ1n) is 12.2. The molecule has 0 aliphatic rings. The summed E-state index contributed by atoms with van der Waals surface area (Å²) in [6, 6.07) is 10.6. The number of nitrogens with zero attached hydrogens (tertiary/aromatic N) is 5. The van der Waals surface area contributed by atoms with E-state index >= 15 is 0 Å². The van der Waals surface area contributed by atoms with Gasteiger partial charge in [0.25, 0.3) is 0 Å². The second kappa shape index (κ2) is 12.0. The van der Waals surface area contributed by atoms with Gasteiger partial charge in [0.2, 0.25) is 5.88 Å². The highest BCUT2D eigenvalue weighted by atomic mass is 19.4. The van der Waals surface area contributed by atoms with Crippen LogP contribution in [0.25, 0.3) is 28.2 Å². The van der Waals surface area contributed by atoms with Crippen molar-refractivity contribution >= 4 is 16.9 Å². The van der Waals surface area contributed by atoms with E-state index in [9.17, 15) is 18.0 Å². The summed E-state index contributed by atoms with van der Waals surface area (Å²) in [7, 11) is 3.06. The summed E-state index contributed by atoms with van der Waals surface area (Å²) in [5, 5.41) is 0. The van der Waals surface area contributed by atoms with Crippen molar-refractivity contribution in [2.45, 2.75) is 19.6 Å². The van der Waals surface area contributed by atoms with Crippen LogP contribution in [0.2, 0.25) is 0 Å². The molecule has 0 saturated carbocycles. The number of allylic oxidation sites excluding steroid dienone is 2. The van der Waals surface area contributed by atoms with E-state index in [1.807, 2.05) is 0 Å². The number of halogens is 3. The molecule has 10 nitrogen and oxygen atoms in total. The minimum atomic E-state index is -4.62. The molecule has 3 aromatic heterocycles. The molecule has 0 bridgehead atoms. The molecule has 0 amide bonds. The maximum Gasteiger partial charge on any atom is 0.432 e. The molecule has 0 aliphatic carbocycles. The molecule has 210 valence electrons. The number of H-pyrrole nitrogens is 1. The molecule has 13 heteroatoms. The van der Waals surface area contributed by atoms with Gasteiger partial charge in [-0.1, -0.05) is 30.3 Å². The van der Waals surface area contributed by atoms with E-state index in [-0.39, 0.29) is 12.2 Å². The first-order valence-corrected chi connectivity index (χ1v) is 12.2. The Bertz CT molecular complexity index is 1590. The normalized spacial score (nSPS) is 12.7. The van der Waals surface area contributed by atoms with E-state index in [4.69, 9.17) is 15.2 Å². The average Bonchev–Trinajstić information content (AvgIpc) is 3.23. The number of fused-ring (bicyclic) bond motifs is 1. The molecule has 0 unspecified atom stereocenters. The number of rotatable bonds is 10. The molecular weight excluding hydrogens is 527 g/mol. The Morgan fingerprint density at radius 3 is 2.60 bits per heavy atom. The Kier molecular flexibility index (Phi) is 8.53. The molecule has 3 heterocycles. The van der Waals surface area contributed by atoms with E-state index < -0.39 is 11.9 Å². The van der Waals surface area contributed by atoms with E-state index in [0.29, 0.717) is 52.9 Å². The molecule has 4 aromatic rings. The van der Waals surface area contributed by atoms with Crippen LogP contribution in [0.1, 0.15) is 18.1 Å². The van der Waals surface area contributed by atoms with Crippen LogP contribution in [0.5, 0.6) is 5.88 Å². The highest BCUT2D eigenvalue weighted by Gasteiger charge is 2.32. The predicted molar refractivity (Wildman–Crippen MR) is 144 cm³/mol. The lowest BCUT2D eigenvalue weighted by Crippen LogP contribution is -2.23. The Balaban J connectivity index is 1.61. The summed E-state index contributed by atoms with van der Waals surface area (Å²) in [6.07, 6.45) is 1.02. The fourth-order valence-electron chi connectivity index (χ4n) is 4.01. The Labute approximate surface area is 227 Å². The zero-order valence-electron chi connectivity index (χ0n) is 22.1. The van der Waals surface area contributed by atoms with Gasteiger partial charge >= 0.3 is 11.9 Å². The van der Waals surface area contributed by atoms with Crippen LogP contribution in [-0.2, 0) is 11.3 Å². The Morgan fingerprint density at radius 2 is 1.93 bits per heavy atom. The summed E-state index contributed by atoms with van der Waals surface area (Å²) in [5.74, 6) is 0.679. The number of pyridine rings is 1. The van der Waals surface area contributed by atoms with Crippen molar-refractivity contribution in [3.8, 4) is 17.3 Å². The third-order valence-corrected chi connectivity index (χ3v) is 5.95. The van der Waals surface area contributed by atoms with E-state index in [1.165, 1.54) is 22.7 Å². The van der Waals surface area contributed by atoms with Crippen molar-refractivity contribution in [1.82, 2.24) is 29.4 Å². The van der Waals surface area contributed by atoms with Gasteiger partial charge in [-0.25, -0.2) is 19.7 Å². The van der Waals surface area contributed by atoms with Gasteiger partial charge in [-0.05, 0) is 30.2 Å². The summed E-state index contributed by atoms with van der Waals surface area (Å²) in [6.45, 7) is 2.60. The molecule has 0 fully saturated rings. The van der Waals surface area contributed by atoms with Gasteiger partial charge in [-0.2, -0.15) is 13.2 Å². The number of methoxy groups -OCH3 is 1. The molecule has 0 saturated heterocycles. The Morgan fingerprint density at radius 1 is 1.18 bits per heavy atom. The van der Waals surface area contributed by atoms with Gasteiger partial charge in [0, 0.05) is 32.3 Å². The molecule has 1 aromatic carbocycles. The van der Waals surface area contributed by atoms with E-state index in [2.05, 4.69) is 19.9 Å². The van der Waals surface area contributed by atoms with Gasteiger partial charge in [-0.15, -0.1) is 0 Å². The van der Waals surface area contributed by atoms with Crippen LogP contribution in [0.15, 0.2) is 71.6 Å². The standard InChI is InChI=1S/C27H28F3N7O3/c1-4-21(36(2)16-22(31)27(28,29)30)18-9-7-17(8-10-18)15-37-24-20(34-26(37)38)14-33-23(35-24)19-6-5-11-32-25(19)40-13-12-39-3/h4-11,14,16H,12-13,15,31H2,1-3H3,(H,34,38)/b21-4-,22-16-. The van der Waals surface area contributed by atoms with Crippen molar-refractivity contribution in [3.63, 3.8) is 0 Å². The number of imidazole rings is 1. The van der Waals surface area contributed by atoms with Gasteiger partial charge in [-0.3, -0.25) is 4.57 Å². The molecule has 0 aliphatic heterocycles. The molecule has 0 spiro atoms. The van der Waals surface area contributed by atoms with Crippen LogP contribution in [-0.4, -0.2) is 63.0 Å². The smallest absolute Gasteiger partial charge is 0.432 e. The van der Waals surface area contributed by atoms with Gasteiger partial charge in [0.1, 0.15) is 17.8 Å². The van der Waals surface area contributed by atoms with Gasteiger partial charge in [0.15, 0.2) is 11.5 Å². The zero-order chi connectivity index (χ0) is 28.9. The van der Waals surface area contributed by atoms with Crippen LogP contribution in [0.3, 0.4) is 0 Å². The lowest BCUT2D eigenvalue weighted by molar-refractivity contribution is -0.0934. The van der Waals surface area contributed by atoms with Crippen LogP contribution in [0, 0.1) is 0 Å². The van der Waals surface area contributed by atoms with Crippen molar-refractivity contribution in [2.75, 3.05) is 27.4 Å². The highest BCUT2D eigenvalue weighted by Crippen LogP contribution is 2.27. The van der Waals surface area contributed by atoms with Gasteiger partial charge in [0.05, 0.1) is 24.9 Å². The summed E-state index contributed by atoms with van der Waals surface area (Å²) < 4.78 is 50.8. The maximum absolute atomic E-state index is 12.9. The fourth-order valence-corrected chi connectivity index (χ4v) is 4.01. The number of nitrogens with two attached hydrogens (primary N) is 1. The lowest BCUT2D eigenvalue weighted by atomic mass is 10.1.